The van der Waals surface area contributed by atoms with E-state index in [0.29, 0.717) is 12.5 Å². The third kappa shape index (κ3) is 5.90. The van der Waals surface area contributed by atoms with Crippen molar-refractivity contribution in [3.05, 3.63) is 0 Å². The zero-order valence-electron chi connectivity index (χ0n) is 8.55. The van der Waals surface area contributed by atoms with Gasteiger partial charge in [-0.25, -0.2) is 0 Å². The molecule has 1 N–H and O–H groups in total. The van der Waals surface area contributed by atoms with Crippen LogP contribution in [-0.4, -0.2) is 23.2 Å². The molecule has 0 saturated carbocycles. The summed E-state index contributed by atoms with van der Waals surface area (Å²) in [6.07, 6.45) is 2.58. The van der Waals surface area contributed by atoms with Gasteiger partial charge in [0.05, 0.1) is 0 Å². The average Bonchev–Trinajstić information content (AvgIpc) is 2.12. The summed E-state index contributed by atoms with van der Waals surface area (Å²) in [5, 5.41) is 8.80. The Hall–Kier alpha value is 0.310. The van der Waals surface area contributed by atoms with Crippen LogP contribution in [0.4, 0.5) is 0 Å². The van der Waals surface area contributed by atoms with Gasteiger partial charge in [-0.3, -0.25) is 0 Å². The van der Waals surface area contributed by atoms with Crippen LogP contribution in [-0.2, 0) is 0 Å². The molecule has 1 atom stereocenters. The lowest BCUT2D eigenvalue weighted by Crippen LogP contribution is -2.07. The van der Waals surface area contributed by atoms with Gasteiger partial charge in [-0.05, 0) is 23.3 Å². The monoisotopic (exact) mass is 190 g/mol. The summed E-state index contributed by atoms with van der Waals surface area (Å²) in [4.78, 5) is 0. The maximum Gasteiger partial charge on any atom is 0.0464 e. The fourth-order valence-corrected chi connectivity index (χ4v) is 2.46. The van der Waals surface area contributed by atoms with Crippen LogP contribution in [0.3, 0.4) is 0 Å². The van der Waals surface area contributed by atoms with E-state index in [9.17, 15) is 0 Å². The molecule has 0 heterocycles. The SMILES string of the molecule is CCC(CC)CSCC(C)CO. The van der Waals surface area contributed by atoms with E-state index in [1.807, 2.05) is 11.8 Å². The van der Waals surface area contributed by atoms with Gasteiger partial charge < -0.3 is 5.11 Å². The van der Waals surface area contributed by atoms with E-state index in [1.54, 1.807) is 0 Å². The Labute approximate surface area is 80.9 Å². The summed E-state index contributed by atoms with van der Waals surface area (Å²) in [5.41, 5.74) is 0. The van der Waals surface area contributed by atoms with Crippen LogP contribution in [0.15, 0.2) is 0 Å². The highest BCUT2D eigenvalue weighted by Crippen LogP contribution is 2.17. The van der Waals surface area contributed by atoms with Gasteiger partial charge in [-0.2, -0.15) is 11.8 Å². The molecule has 0 aromatic rings. The molecule has 0 aromatic heterocycles. The second-order valence-corrected chi connectivity index (χ2v) is 4.58. The normalized spacial score (nSPS) is 13.8. The molecule has 74 valence electrons. The van der Waals surface area contributed by atoms with Crippen molar-refractivity contribution in [1.29, 1.82) is 0 Å². The molecule has 0 radical (unpaired) electrons. The molecular weight excluding hydrogens is 168 g/mol. The van der Waals surface area contributed by atoms with Crippen LogP contribution in [0.1, 0.15) is 33.6 Å². The molecular formula is C10H22OS. The first kappa shape index (κ1) is 12.3. The summed E-state index contributed by atoms with van der Waals surface area (Å²) in [6, 6.07) is 0. The largest absolute Gasteiger partial charge is 0.396 e. The number of aliphatic hydroxyl groups is 1. The van der Waals surface area contributed by atoms with Crippen molar-refractivity contribution in [3.63, 3.8) is 0 Å². The van der Waals surface area contributed by atoms with Gasteiger partial charge >= 0.3 is 0 Å². The van der Waals surface area contributed by atoms with Crippen molar-refractivity contribution < 1.29 is 5.11 Å². The smallest absolute Gasteiger partial charge is 0.0464 e. The van der Waals surface area contributed by atoms with Crippen molar-refractivity contribution >= 4 is 11.8 Å². The van der Waals surface area contributed by atoms with Crippen LogP contribution >= 0.6 is 11.8 Å². The molecule has 0 bridgehead atoms. The fraction of sp³-hybridized carbons (Fsp3) is 1.00. The first-order chi connectivity index (χ1) is 5.74. The highest BCUT2D eigenvalue weighted by Gasteiger charge is 2.05. The lowest BCUT2D eigenvalue weighted by atomic mass is 10.1. The Morgan fingerprint density at radius 3 is 2.17 bits per heavy atom. The summed E-state index contributed by atoms with van der Waals surface area (Å²) in [7, 11) is 0. The fourth-order valence-electron chi connectivity index (χ4n) is 1.01. The third-order valence-corrected chi connectivity index (χ3v) is 3.73. The maximum absolute atomic E-state index is 8.80. The van der Waals surface area contributed by atoms with Gasteiger partial charge in [0.25, 0.3) is 0 Å². The Kier molecular flexibility index (Phi) is 8.14. The molecule has 0 amide bonds. The van der Waals surface area contributed by atoms with Gasteiger partial charge in [-0.15, -0.1) is 0 Å². The van der Waals surface area contributed by atoms with E-state index in [0.717, 1.165) is 11.7 Å². The quantitative estimate of drug-likeness (QED) is 0.666. The Morgan fingerprint density at radius 2 is 1.75 bits per heavy atom. The standard InChI is InChI=1S/C10H22OS/c1-4-10(5-2)8-12-7-9(3)6-11/h9-11H,4-8H2,1-3H3. The summed E-state index contributed by atoms with van der Waals surface area (Å²) in [6.45, 7) is 6.93. The van der Waals surface area contributed by atoms with Crippen LogP contribution in [0.2, 0.25) is 0 Å². The van der Waals surface area contributed by atoms with Gasteiger partial charge in [0.1, 0.15) is 0 Å². The van der Waals surface area contributed by atoms with Crippen LogP contribution in [0.25, 0.3) is 0 Å². The molecule has 0 aliphatic heterocycles. The minimum Gasteiger partial charge on any atom is -0.396 e. The second kappa shape index (κ2) is 7.93. The molecule has 2 heteroatoms. The Morgan fingerprint density at radius 1 is 1.17 bits per heavy atom. The molecule has 0 saturated heterocycles. The second-order valence-electron chi connectivity index (χ2n) is 3.51. The average molecular weight is 190 g/mol. The number of hydrogen-bond donors (Lipinski definition) is 1. The third-order valence-electron chi connectivity index (χ3n) is 2.22. The number of hydrogen-bond acceptors (Lipinski definition) is 2. The van der Waals surface area contributed by atoms with Crippen molar-refractivity contribution in [3.8, 4) is 0 Å². The summed E-state index contributed by atoms with van der Waals surface area (Å²) < 4.78 is 0. The van der Waals surface area contributed by atoms with E-state index in [-0.39, 0.29) is 0 Å². The predicted octanol–water partition coefficient (Wildman–Crippen LogP) is 2.78. The zero-order chi connectivity index (χ0) is 9.40. The lowest BCUT2D eigenvalue weighted by molar-refractivity contribution is 0.250. The minimum atomic E-state index is 0.329. The van der Waals surface area contributed by atoms with Crippen LogP contribution < -0.4 is 0 Å². The van der Waals surface area contributed by atoms with E-state index >= 15 is 0 Å². The Bertz CT molecular complexity index is 91.8. The zero-order valence-corrected chi connectivity index (χ0v) is 9.36. The van der Waals surface area contributed by atoms with Crippen molar-refractivity contribution in [2.24, 2.45) is 11.8 Å². The molecule has 0 fully saturated rings. The molecule has 12 heavy (non-hydrogen) atoms. The molecule has 1 unspecified atom stereocenters. The topological polar surface area (TPSA) is 20.2 Å². The van der Waals surface area contributed by atoms with E-state index in [1.165, 1.54) is 18.6 Å². The highest BCUT2D eigenvalue weighted by molar-refractivity contribution is 7.99. The first-order valence-electron chi connectivity index (χ1n) is 4.93. The van der Waals surface area contributed by atoms with Gasteiger partial charge in [0.2, 0.25) is 0 Å². The van der Waals surface area contributed by atoms with E-state index in [2.05, 4.69) is 20.8 Å². The predicted molar refractivity (Wildman–Crippen MR) is 57.6 cm³/mol. The molecule has 0 spiro atoms. The van der Waals surface area contributed by atoms with Crippen LogP contribution in [0, 0.1) is 11.8 Å². The first-order valence-corrected chi connectivity index (χ1v) is 6.08. The van der Waals surface area contributed by atoms with E-state index in [4.69, 9.17) is 5.11 Å². The molecule has 0 aliphatic rings. The van der Waals surface area contributed by atoms with Crippen molar-refractivity contribution in [2.75, 3.05) is 18.1 Å². The van der Waals surface area contributed by atoms with Crippen molar-refractivity contribution in [1.82, 2.24) is 0 Å². The highest BCUT2D eigenvalue weighted by atomic mass is 32.2. The molecule has 0 aromatic carbocycles. The molecule has 0 aliphatic carbocycles. The number of thioether (sulfide) groups is 1. The van der Waals surface area contributed by atoms with Gasteiger partial charge in [0, 0.05) is 6.61 Å². The number of rotatable bonds is 7. The van der Waals surface area contributed by atoms with Crippen molar-refractivity contribution in [2.45, 2.75) is 33.6 Å². The van der Waals surface area contributed by atoms with Crippen LogP contribution in [0.5, 0.6) is 0 Å². The summed E-state index contributed by atoms with van der Waals surface area (Å²) in [5.74, 6) is 3.70. The summed E-state index contributed by atoms with van der Waals surface area (Å²) >= 11 is 1.98. The van der Waals surface area contributed by atoms with Gasteiger partial charge in [0.15, 0.2) is 0 Å². The van der Waals surface area contributed by atoms with Gasteiger partial charge in [-0.1, -0.05) is 33.6 Å². The number of aliphatic hydroxyl groups excluding tert-OH is 1. The van der Waals surface area contributed by atoms with E-state index < -0.39 is 0 Å². The molecule has 1 nitrogen and oxygen atoms in total. The minimum absolute atomic E-state index is 0.329. The molecule has 0 rings (SSSR count). The Balaban J connectivity index is 3.28. The maximum atomic E-state index is 8.80. The lowest BCUT2D eigenvalue weighted by Gasteiger charge is -2.13.